The van der Waals surface area contributed by atoms with Crippen LogP contribution in [0, 0.1) is 0 Å². The topological polar surface area (TPSA) is 43.6 Å². The maximum atomic E-state index is 4.37. The molecule has 4 heteroatoms. The second-order valence-electron chi connectivity index (χ2n) is 4.83. The van der Waals surface area contributed by atoms with E-state index in [4.69, 9.17) is 0 Å². The molecule has 1 heterocycles. The van der Waals surface area contributed by atoms with Gasteiger partial charge in [0, 0.05) is 6.42 Å². The molecule has 1 aromatic carbocycles. The summed E-state index contributed by atoms with van der Waals surface area (Å²) in [5, 5.41) is 12.5. The standard InChI is InChI=1S/C12H16N4/c1-12(2,3)16-14-11(13-15-16)9-10-7-5-4-6-8-10/h4-8H,9H2,1-3H3. The molecule has 0 aliphatic heterocycles. The van der Waals surface area contributed by atoms with Gasteiger partial charge in [-0.05, 0) is 31.5 Å². The Morgan fingerprint density at radius 3 is 2.38 bits per heavy atom. The predicted octanol–water partition coefficient (Wildman–Crippen LogP) is 2.02. The van der Waals surface area contributed by atoms with Gasteiger partial charge in [-0.25, -0.2) is 0 Å². The molecular formula is C12H16N4. The smallest absolute Gasteiger partial charge is 0.159 e. The third-order valence-electron chi connectivity index (χ3n) is 2.26. The van der Waals surface area contributed by atoms with E-state index in [2.05, 4.69) is 48.3 Å². The number of tetrazole rings is 1. The van der Waals surface area contributed by atoms with E-state index >= 15 is 0 Å². The summed E-state index contributed by atoms with van der Waals surface area (Å²) in [6, 6.07) is 10.2. The van der Waals surface area contributed by atoms with Crippen molar-refractivity contribution in [2.75, 3.05) is 0 Å². The lowest BCUT2D eigenvalue weighted by Crippen LogP contribution is -2.24. The largest absolute Gasteiger partial charge is 0.179 e. The Morgan fingerprint density at radius 1 is 1.12 bits per heavy atom. The van der Waals surface area contributed by atoms with Crippen molar-refractivity contribution >= 4 is 0 Å². The molecule has 0 fully saturated rings. The number of rotatable bonds is 2. The second-order valence-corrected chi connectivity index (χ2v) is 4.83. The lowest BCUT2D eigenvalue weighted by atomic mass is 10.1. The average Bonchev–Trinajstić information content (AvgIpc) is 2.67. The minimum atomic E-state index is -0.109. The zero-order chi connectivity index (χ0) is 11.6. The van der Waals surface area contributed by atoms with Crippen LogP contribution in [0.4, 0.5) is 0 Å². The van der Waals surface area contributed by atoms with Gasteiger partial charge in [-0.2, -0.15) is 4.80 Å². The van der Waals surface area contributed by atoms with Crippen LogP contribution in [-0.4, -0.2) is 20.2 Å². The maximum absolute atomic E-state index is 4.37. The second kappa shape index (κ2) is 4.04. The van der Waals surface area contributed by atoms with Crippen molar-refractivity contribution in [1.82, 2.24) is 20.2 Å². The first-order valence-electron chi connectivity index (χ1n) is 5.39. The average molecular weight is 216 g/mol. The third-order valence-corrected chi connectivity index (χ3v) is 2.26. The molecule has 0 N–H and O–H groups in total. The molecule has 0 aliphatic rings. The van der Waals surface area contributed by atoms with Crippen LogP contribution in [0.1, 0.15) is 32.2 Å². The molecule has 0 aliphatic carbocycles. The van der Waals surface area contributed by atoms with E-state index in [0.29, 0.717) is 0 Å². The summed E-state index contributed by atoms with van der Waals surface area (Å²) in [6.07, 6.45) is 0.733. The fourth-order valence-corrected chi connectivity index (χ4v) is 1.38. The van der Waals surface area contributed by atoms with E-state index in [1.807, 2.05) is 18.2 Å². The highest BCUT2D eigenvalue weighted by atomic mass is 15.6. The van der Waals surface area contributed by atoms with Crippen molar-refractivity contribution in [1.29, 1.82) is 0 Å². The third kappa shape index (κ3) is 2.45. The van der Waals surface area contributed by atoms with E-state index < -0.39 is 0 Å². The van der Waals surface area contributed by atoms with Gasteiger partial charge in [0.25, 0.3) is 0 Å². The molecule has 0 saturated heterocycles. The van der Waals surface area contributed by atoms with Gasteiger partial charge in [-0.1, -0.05) is 30.3 Å². The molecule has 4 nitrogen and oxygen atoms in total. The Hall–Kier alpha value is -1.71. The minimum absolute atomic E-state index is 0.109. The van der Waals surface area contributed by atoms with Crippen molar-refractivity contribution in [3.05, 3.63) is 41.7 Å². The first-order chi connectivity index (χ1) is 7.55. The monoisotopic (exact) mass is 216 g/mol. The first kappa shape index (κ1) is 10.8. The van der Waals surface area contributed by atoms with E-state index in [0.717, 1.165) is 12.2 Å². The summed E-state index contributed by atoms with van der Waals surface area (Å²) in [7, 11) is 0. The summed E-state index contributed by atoms with van der Waals surface area (Å²) < 4.78 is 0. The quantitative estimate of drug-likeness (QED) is 0.771. The normalized spacial score (nSPS) is 11.7. The molecule has 0 bridgehead atoms. The van der Waals surface area contributed by atoms with Crippen LogP contribution in [0.2, 0.25) is 0 Å². The van der Waals surface area contributed by atoms with E-state index in [1.165, 1.54) is 5.56 Å². The number of hydrogen-bond donors (Lipinski definition) is 0. The van der Waals surface area contributed by atoms with Crippen LogP contribution in [0.3, 0.4) is 0 Å². The highest BCUT2D eigenvalue weighted by molar-refractivity contribution is 5.17. The predicted molar refractivity (Wildman–Crippen MR) is 62.1 cm³/mol. The summed E-state index contributed by atoms with van der Waals surface area (Å²) in [6.45, 7) is 6.17. The van der Waals surface area contributed by atoms with Crippen molar-refractivity contribution in [3.8, 4) is 0 Å². The summed E-state index contributed by atoms with van der Waals surface area (Å²) in [5.74, 6) is 0.765. The van der Waals surface area contributed by atoms with Crippen molar-refractivity contribution in [2.45, 2.75) is 32.7 Å². The van der Waals surface area contributed by atoms with Crippen molar-refractivity contribution in [2.24, 2.45) is 0 Å². The molecule has 16 heavy (non-hydrogen) atoms. The number of aromatic nitrogens is 4. The molecular weight excluding hydrogens is 200 g/mol. The molecule has 0 unspecified atom stereocenters. The Kier molecular flexibility index (Phi) is 2.73. The molecule has 2 aromatic rings. The Labute approximate surface area is 95.3 Å². The van der Waals surface area contributed by atoms with E-state index in [-0.39, 0.29) is 5.54 Å². The van der Waals surface area contributed by atoms with Crippen molar-refractivity contribution < 1.29 is 0 Å². The summed E-state index contributed by atoms with van der Waals surface area (Å²) in [5.41, 5.74) is 1.10. The van der Waals surface area contributed by atoms with Gasteiger partial charge >= 0.3 is 0 Å². The van der Waals surface area contributed by atoms with E-state index in [1.54, 1.807) is 4.80 Å². The van der Waals surface area contributed by atoms with Gasteiger partial charge in [0.15, 0.2) is 5.82 Å². The van der Waals surface area contributed by atoms with Gasteiger partial charge in [-0.15, -0.1) is 10.2 Å². The van der Waals surface area contributed by atoms with Crippen LogP contribution in [0.25, 0.3) is 0 Å². The van der Waals surface area contributed by atoms with Crippen LogP contribution in [0.5, 0.6) is 0 Å². The van der Waals surface area contributed by atoms with Crippen LogP contribution < -0.4 is 0 Å². The number of benzene rings is 1. The SMILES string of the molecule is CC(C)(C)n1nnc(Cc2ccccc2)n1. The first-order valence-corrected chi connectivity index (χ1v) is 5.39. The zero-order valence-corrected chi connectivity index (χ0v) is 9.88. The number of hydrogen-bond acceptors (Lipinski definition) is 3. The molecule has 0 radical (unpaired) electrons. The lowest BCUT2D eigenvalue weighted by molar-refractivity contribution is 0.305. The Morgan fingerprint density at radius 2 is 1.81 bits per heavy atom. The van der Waals surface area contributed by atoms with Gasteiger partial charge in [0.05, 0.1) is 5.54 Å². The van der Waals surface area contributed by atoms with Crippen molar-refractivity contribution in [3.63, 3.8) is 0 Å². The van der Waals surface area contributed by atoms with Gasteiger partial charge in [0.1, 0.15) is 0 Å². The fourth-order valence-electron chi connectivity index (χ4n) is 1.38. The summed E-state index contributed by atoms with van der Waals surface area (Å²) in [4.78, 5) is 1.66. The van der Waals surface area contributed by atoms with E-state index in [9.17, 15) is 0 Å². The number of nitrogens with zero attached hydrogens (tertiary/aromatic N) is 4. The Balaban J connectivity index is 2.15. The molecule has 0 atom stereocenters. The molecule has 0 amide bonds. The van der Waals surface area contributed by atoms with Gasteiger partial charge < -0.3 is 0 Å². The molecule has 2 rings (SSSR count). The molecule has 84 valence electrons. The minimum Gasteiger partial charge on any atom is -0.159 e. The molecule has 1 aromatic heterocycles. The zero-order valence-electron chi connectivity index (χ0n) is 9.88. The fraction of sp³-hybridized carbons (Fsp3) is 0.417. The van der Waals surface area contributed by atoms with Crippen LogP contribution in [-0.2, 0) is 12.0 Å². The highest BCUT2D eigenvalue weighted by Gasteiger charge is 2.16. The lowest BCUT2D eigenvalue weighted by Gasteiger charge is -2.15. The summed E-state index contributed by atoms with van der Waals surface area (Å²) >= 11 is 0. The maximum Gasteiger partial charge on any atom is 0.179 e. The van der Waals surface area contributed by atoms with Gasteiger partial charge in [-0.3, -0.25) is 0 Å². The highest BCUT2D eigenvalue weighted by Crippen LogP contribution is 2.10. The van der Waals surface area contributed by atoms with Crippen LogP contribution in [0.15, 0.2) is 30.3 Å². The van der Waals surface area contributed by atoms with Crippen LogP contribution >= 0.6 is 0 Å². The molecule has 0 saturated carbocycles. The molecule has 0 spiro atoms. The Bertz CT molecular complexity index is 453. The van der Waals surface area contributed by atoms with Gasteiger partial charge in [0.2, 0.25) is 0 Å².